The molecule has 1 fully saturated rings. The lowest BCUT2D eigenvalue weighted by molar-refractivity contribution is 0.0685. The minimum atomic E-state index is -1.04. The SMILES string of the molecule is CN(Cc1cc(C(=O)O)no1)CC1CCCCC1. The van der Waals surface area contributed by atoms with E-state index in [1.54, 1.807) is 0 Å². The zero-order chi connectivity index (χ0) is 13.0. The van der Waals surface area contributed by atoms with E-state index in [1.807, 2.05) is 7.05 Å². The minimum absolute atomic E-state index is 0.0175. The first-order chi connectivity index (χ1) is 8.65. The van der Waals surface area contributed by atoms with Gasteiger partial charge in [-0.3, -0.25) is 4.90 Å². The van der Waals surface area contributed by atoms with E-state index in [0.717, 1.165) is 12.5 Å². The molecule has 0 radical (unpaired) electrons. The van der Waals surface area contributed by atoms with Crippen LogP contribution < -0.4 is 0 Å². The van der Waals surface area contributed by atoms with E-state index < -0.39 is 5.97 Å². The molecule has 1 aromatic rings. The summed E-state index contributed by atoms with van der Waals surface area (Å²) in [6.45, 7) is 1.67. The van der Waals surface area contributed by atoms with Crippen molar-refractivity contribution in [1.82, 2.24) is 10.1 Å². The maximum atomic E-state index is 10.7. The number of aromatic carboxylic acids is 1. The van der Waals surface area contributed by atoms with Crippen molar-refractivity contribution in [3.8, 4) is 0 Å². The summed E-state index contributed by atoms with van der Waals surface area (Å²) in [5.74, 6) is 0.344. The summed E-state index contributed by atoms with van der Waals surface area (Å²) in [5.41, 5.74) is -0.0175. The molecule has 1 aliphatic carbocycles. The molecule has 5 heteroatoms. The van der Waals surface area contributed by atoms with Gasteiger partial charge in [0.15, 0.2) is 11.5 Å². The molecule has 0 bridgehead atoms. The molecule has 1 heterocycles. The van der Waals surface area contributed by atoms with Gasteiger partial charge < -0.3 is 9.63 Å². The number of aromatic nitrogens is 1. The van der Waals surface area contributed by atoms with E-state index in [9.17, 15) is 4.79 Å². The Kier molecular flexibility index (Phi) is 4.36. The van der Waals surface area contributed by atoms with Gasteiger partial charge in [-0.15, -0.1) is 0 Å². The molecule has 0 aromatic carbocycles. The lowest BCUT2D eigenvalue weighted by Crippen LogP contribution is -2.26. The fourth-order valence-corrected chi connectivity index (χ4v) is 2.63. The average molecular weight is 252 g/mol. The van der Waals surface area contributed by atoms with Crippen LogP contribution in [-0.4, -0.2) is 34.7 Å². The van der Waals surface area contributed by atoms with Crippen LogP contribution in [0.25, 0.3) is 0 Å². The fraction of sp³-hybridized carbons (Fsp3) is 0.692. The molecule has 0 unspecified atom stereocenters. The van der Waals surface area contributed by atoms with Gasteiger partial charge >= 0.3 is 5.97 Å². The smallest absolute Gasteiger partial charge is 0.358 e. The van der Waals surface area contributed by atoms with Crippen LogP contribution in [-0.2, 0) is 6.54 Å². The third kappa shape index (κ3) is 3.57. The molecule has 0 atom stereocenters. The van der Waals surface area contributed by atoms with Gasteiger partial charge in [-0.05, 0) is 25.8 Å². The van der Waals surface area contributed by atoms with E-state index in [2.05, 4.69) is 10.1 Å². The Morgan fingerprint density at radius 2 is 2.22 bits per heavy atom. The van der Waals surface area contributed by atoms with Gasteiger partial charge in [0.05, 0.1) is 6.54 Å². The first kappa shape index (κ1) is 13.1. The van der Waals surface area contributed by atoms with Gasteiger partial charge in [0.1, 0.15) is 0 Å². The second-order valence-corrected chi connectivity index (χ2v) is 5.18. The Labute approximate surface area is 107 Å². The monoisotopic (exact) mass is 252 g/mol. The van der Waals surface area contributed by atoms with Crippen molar-refractivity contribution in [3.05, 3.63) is 17.5 Å². The van der Waals surface area contributed by atoms with Gasteiger partial charge in [0.2, 0.25) is 0 Å². The summed E-state index contributed by atoms with van der Waals surface area (Å²) >= 11 is 0. The Bertz CT molecular complexity index is 397. The number of carboxylic acids is 1. The van der Waals surface area contributed by atoms with Gasteiger partial charge in [0, 0.05) is 12.6 Å². The van der Waals surface area contributed by atoms with Crippen LogP contribution in [0.3, 0.4) is 0 Å². The highest BCUT2D eigenvalue weighted by Crippen LogP contribution is 2.24. The predicted octanol–water partition coefficient (Wildman–Crippen LogP) is 2.38. The third-order valence-electron chi connectivity index (χ3n) is 3.50. The molecular weight excluding hydrogens is 232 g/mol. The van der Waals surface area contributed by atoms with Gasteiger partial charge in [-0.1, -0.05) is 24.4 Å². The lowest BCUT2D eigenvalue weighted by Gasteiger charge is -2.26. The van der Waals surface area contributed by atoms with Crippen molar-refractivity contribution in [2.24, 2.45) is 5.92 Å². The second kappa shape index (κ2) is 6.00. The van der Waals surface area contributed by atoms with E-state index >= 15 is 0 Å². The second-order valence-electron chi connectivity index (χ2n) is 5.18. The third-order valence-corrected chi connectivity index (χ3v) is 3.50. The molecule has 5 nitrogen and oxygen atoms in total. The van der Waals surface area contributed by atoms with E-state index in [-0.39, 0.29) is 5.69 Å². The normalized spacial score (nSPS) is 17.2. The Balaban J connectivity index is 1.82. The maximum absolute atomic E-state index is 10.7. The Morgan fingerprint density at radius 1 is 1.50 bits per heavy atom. The number of carbonyl (C=O) groups is 1. The lowest BCUT2D eigenvalue weighted by atomic mass is 9.89. The van der Waals surface area contributed by atoms with Crippen molar-refractivity contribution in [2.75, 3.05) is 13.6 Å². The zero-order valence-corrected chi connectivity index (χ0v) is 10.8. The van der Waals surface area contributed by atoms with Crippen molar-refractivity contribution < 1.29 is 14.4 Å². The molecule has 0 saturated heterocycles. The summed E-state index contributed by atoms with van der Waals surface area (Å²) in [5, 5.41) is 12.3. The van der Waals surface area contributed by atoms with E-state index in [0.29, 0.717) is 12.3 Å². The van der Waals surface area contributed by atoms with E-state index in [1.165, 1.54) is 38.2 Å². The van der Waals surface area contributed by atoms with Crippen LogP contribution in [0.5, 0.6) is 0 Å². The number of nitrogens with zero attached hydrogens (tertiary/aromatic N) is 2. The number of hydrogen-bond donors (Lipinski definition) is 1. The first-order valence-electron chi connectivity index (χ1n) is 6.52. The molecule has 0 amide bonds. The van der Waals surface area contributed by atoms with Crippen molar-refractivity contribution in [1.29, 1.82) is 0 Å². The summed E-state index contributed by atoms with van der Waals surface area (Å²) in [6.07, 6.45) is 6.65. The highest BCUT2D eigenvalue weighted by atomic mass is 16.5. The zero-order valence-electron chi connectivity index (χ0n) is 10.8. The van der Waals surface area contributed by atoms with Gasteiger partial charge in [0.25, 0.3) is 0 Å². The molecule has 1 saturated carbocycles. The molecular formula is C13H20N2O3. The maximum Gasteiger partial charge on any atom is 0.358 e. The standard InChI is InChI=1S/C13H20N2O3/c1-15(8-10-5-3-2-4-6-10)9-11-7-12(13(16)17)14-18-11/h7,10H,2-6,8-9H2,1H3,(H,16,17). The summed E-state index contributed by atoms with van der Waals surface area (Å²) in [6, 6.07) is 1.50. The summed E-state index contributed by atoms with van der Waals surface area (Å²) in [7, 11) is 2.04. The van der Waals surface area contributed by atoms with Crippen molar-refractivity contribution in [3.63, 3.8) is 0 Å². The Hall–Kier alpha value is -1.36. The number of hydrogen-bond acceptors (Lipinski definition) is 4. The number of carboxylic acid groups (broad SMARTS) is 1. The molecule has 1 aliphatic rings. The van der Waals surface area contributed by atoms with Crippen LogP contribution in [0.4, 0.5) is 0 Å². The largest absolute Gasteiger partial charge is 0.476 e. The molecule has 1 N–H and O–H groups in total. The number of rotatable bonds is 5. The summed E-state index contributed by atoms with van der Waals surface area (Å²) in [4.78, 5) is 12.9. The van der Waals surface area contributed by atoms with Gasteiger partial charge in [-0.2, -0.15) is 0 Å². The van der Waals surface area contributed by atoms with Crippen LogP contribution in [0, 0.1) is 5.92 Å². The molecule has 0 spiro atoms. The van der Waals surface area contributed by atoms with Gasteiger partial charge in [-0.25, -0.2) is 4.79 Å². The van der Waals surface area contributed by atoms with Crippen molar-refractivity contribution in [2.45, 2.75) is 38.6 Å². The van der Waals surface area contributed by atoms with Crippen LogP contribution in [0.15, 0.2) is 10.6 Å². The molecule has 18 heavy (non-hydrogen) atoms. The molecule has 0 aliphatic heterocycles. The average Bonchev–Trinajstić information content (AvgIpc) is 2.78. The van der Waals surface area contributed by atoms with Crippen LogP contribution in [0.1, 0.15) is 48.4 Å². The highest BCUT2D eigenvalue weighted by molar-refractivity contribution is 5.85. The highest BCUT2D eigenvalue weighted by Gasteiger charge is 2.17. The minimum Gasteiger partial charge on any atom is -0.476 e. The molecule has 2 rings (SSSR count). The quantitative estimate of drug-likeness (QED) is 0.871. The predicted molar refractivity (Wildman–Crippen MR) is 66.4 cm³/mol. The van der Waals surface area contributed by atoms with E-state index in [4.69, 9.17) is 9.63 Å². The van der Waals surface area contributed by atoms with Crippen LogP contribution in [0.2, 0.25) is 0 Å². The first-order valence-corrected chi connectivity index (χ1v) is 6.52. The molecule has 1 aromatic heterocycles. The Morgan fingerprint density at radius 3 is 2.83 bits per heavy atom. The van der Waals surface area contributed by atoms with Crippen molar-refractivity contribution >= 4 is 5.97 Å². The molecule has 100 valence electrons. The van der Waals surface area contributed by atoms with Crippen LogP contribution >= 0.6 is 0 Å². The summed E-state index contributed by atoms with van der Waals surface area (Å²) < 4.78 is 5.01. The topological polar surface area (TPSA) is 66.6 Å². The fourth-order valence-electron chi connectivity index (χ4n) is 2.63.